The molecule has 5 N–H and O–H groups in total. The number of hydrogen-bond acceptors (Lipinski definition) is 4. The summed E-state index contributed by atoms with van der Waals surface area (Å²) < 4.78 is 0. The van der Waals surface area contributed by atoms with Gasteiger partial charge in [-0.25, -0.2) is 0 Å². The van der Waals surface area contributed by atoms with Gasteiger partial charge in [-0.05, 0) is 34.9 Å². The van der Waals surface area contributed by atoms with Gasteiger partial charge in [0.2, 0.25) is 0 Å². The lowest BCUT2D eigenvalue weighted by molar-refractivity contribution is 0.111. The monoisotopic (exact) mass is 240 g/mol. The van der Waals surface area contributed by atoms with E-state index >= 15 is 0 Å². The Kier molecular flexibility index (Phi) is 2.15. The smallest absolute Gasteiger partial charge is 0.151 e. The second-order valence-electron chi connectivity index (χ2n) is 4.40. The third kappa shape index (κ3) is 1.26. The highest BCUT2D eigenvalue weighted by atomic mass is 16.3. The van der Waals surface area contributed by atoms with Gasteiger partial charge in [0.1, 0.15) is 6.10 Å². The zero-order valence-corrected chi connectivity index (χ0v) is 9.55. The summed E-state index contributed by atoms with van der Waals surface area (Å²) >= 11 is 0. The van der Waals surface area contributed by atoms with Crippen molar-refractivity contribution < 1.29 is 9.90 Å². The van der Waals surface area contributed by atoms with E-state index in [4.69, 9.17) is 11.5 Å². The van der Waals surface area contributed by atoms with Crippen LogP contribution < -0.4 is 11.5 Å². The number of hydrogen-bond donors (Lipinski definition) is 3. The lowest BCUT2D eigenvalue weighted by atomic mass is 9.81. The quantitative estimate of drug-likeness (QED) is 0.523. The van der Waals surface area contributed by atoms with Gasteiger partial charge >= 0.3 is 0 Å². The van der Waals surface area contributed by atoms with Crippen molar-refractivity contribution in [2.45, 2.75) is 6.10 Å². The van der Waals surface area contributed by atoms with E-state index in [-0.39, 0.29) is 0 Å². The van der Waals surface area contributed by atoms with Crippen LogP contribution in [-0.2, 0) is 0 Å². The Morgan fingerprint density at radius 3 is 2.56 bits per heavy atom. The summed E-state index contributed by atoms with van der Waals surface area (Å²) in [5, 5.41) is 10.3. The van der Waals surface area contributed by atoms with Gasteiger partial charge in [-0.1, -0.05) is 12.1 Å². The summed E-state index contributed by atoms with van der Waals surface area (Å²) in [5.41, 5.74) is 15.8. The number of nitrogens with two attached hydrogens (primary N) is 2. The molecular formula is C14H12N2O2. The number of aliphatic hydroxyl groups excluding tert-OH is 1. The molecule has 0 aromatic heterocycles. The van der Waals surface area contributed by atoms with E-state index in [1.54, 1.807) is 24.3 Å². The molecule has 1 aliphatic rings. The van der Waals surface area contributed by atoms with Gasteiger partial charge in [0.25, 0.3) is 0 Å². The minimum absolute atomic E-state index is 0.418. The number of carbonyl (C=O) groups excluding carboxylic acids is 1. The topological polar surface area (TPSA) is 89.3 Å². The molecule has 3 rings (SSSR count). The van der Waals surface area contributed by atoms with Crippen LogP contribution in [0.25, 0.3) is 11.1 Å². The Morgan fingerprint density at radius 1 is 1.11 bits per heavy atom. The number of benzene rings is 2. The van der Waals surface area contributed by atoms with Gasteiger partial charge < -0.3 is 16.6 Å². The molecule has 0 aliphatic heterocycles. The molecule has 0 radical (unpaired) electrons. The molecular weight excluding hydrogens is 228 g/mol. The van der Waals surface area contributed by atoms with Crippen molar-refractivity contribution in [3.63, 3.8) is 0 Å². The summed E-state index contributed by atoms with van der Waals surface area (Å²) in [6.45, 7) is 0. The van der Waals surface area contributed by atoms with Crippen molar-refractivity contribution in [2.24, 2.45) is 0 Å². The van der Waals surface area contributed by atoms with E-state index in [2.05, 4.69) is 0 Å². The first-order valence-electron chi connectivity index (χ1n) is 5.59. The number of aldehydes is 1. The number of anilines is 2. The van der Waals surface area contributed by atoms with Gasteiger partial charge in [0.05, 0.1) is 0 Å². The van der Waals surface area contributed by atoms with Crippen LogP contribution >= 0.6 is 0 Å². The van der Waals surface area contributed by atoms with Gasteiger partial charge in [0.15, 0.2) is 6.29 Å². The van der Waals surface area contributed by atoms with Crippen molar-refractivity contribution >= 4 is 17.7 Å². The summed E-state index contributed by atoms with van der Waals surface area (Å²) in [6, 6.07) is 8.79. The number of rotatable bonds is 1. The summed E-state index contributed by atoms with van der Waals surface area (Å²) in [5.74, 6) is 0. The molecule has 4 heteroatoms. The molecule has 2 aromatic rings. The van der Waals surface area contributed by atoms with Gasteiger partial charge in [0, 0.05) is 22.5 Å². The fourth-order valence-electron chi connectivity index (χ4n) is 2.53. The van der Waals surface area contributed by atoms with Crippen molar-refractivity contribution in [2.75, 3.05) is 11.5 Å². The van der Waals surface area contributed by atoms with E-state index in [0.717, 1.165) is 17.4 Å². The number of nitrogen functional groups attached to an aromatic ring is 2. The zero-order valence-electron chi connectivity index (χ0n) is 9.55. The first-order valence-corrected chi connectivity index (χ1v) is 5.59. The largest absolute Gasteiger partial charge is 0.399 e. The second kappa shape index (κ2) is 3.58. The minimum Gasteiger partial charge on any atom is -0.399 e. The van der Waals surface area contributed by atoms with Crippen LogP contribution in [0.5, 0.6) is 0 Å². The minimum atomic E-state index is -0.905. The van der Waals surface area contributed by atoms with Gasteiger partial charge in [-0.2, -0.15) is 0 Å². The molecule has 1 atom stereocenters. The standard InChI is InChI=1S/C14H12N2O2/c15-7-1-2-8-9-3-4-12(16)13(11(9)6-17)14(18)10(8)5-7/h1-6,14,18H,15-16H2. The van der Waals surface area contributed by atoms with Gasteiger partial charge in [-0.15, -0.1) is 0 Å². The fraction of sp³-hybridized carbons (Fsp3) is 0.0714. The summed E-state index contributed by atoms with van der Waals surface area (Å²) in [6.07, 6.45) is -0.166. The van der Waals surface area contributed by atoms with Crippen LogP contribution in [0.4, 0.5) is 11.4 Å². The lowest BCUT2D eigenvalue weighted by Gasteiger charge is -2.26. The number of carbonyl (C=O) groups is 1. The Hall–Kier alpha value is -2.33. The highest BCUT2D eigenvalue weighted by molar-refractivity contribution is 5.95. The summed E-state index contributed by atoms with van der Waals surface area (Å²) in [7, 11) is 0. The van der Waals surface area contributed by atoms with Crippen molar-refractivity contribution in [1.82, 2.24) is 0 Å². The average Bonchev–Trinajstić information content (AvgIpc) is 2.37. The normalized spacial score (nSPS) is 16.2. The third-order valence-electron chi connectivity index (χ3n) is 3.37. The first-order chi connectivity index (χ1) is 8.63. The van der Waals surface area contributed by atoms with Crippen LogP contribution in [0, 0.1) is 0 Å². The van der Waals surface area contributed by atoms with E-state index in [9.17, 15) is 9.90 Å². The predicted octanol–water partition coefficient (Wildman–Crippen LogP) is 1.73. The van der Waals surface area contributed by atoms with Crippen LogP contribution in [0.3, 0.4) is 0 Å². The van der Waals surface area contributed by atoms with E-state index in [1.165, 1.54) is 0 Å². The van der Waals surface area contributed by atoms with Crippen LogP contribution in [-0.4, -0.2) is 11.4 Å². The Labute approximate surface area is 104 Å². The molecule has 4 nitrogen and oxygen atoms in total. The van der Waals surface area contributed by atoms with Gasteiger partial charge in [-0.3, -0.25) is 4.79 Å². The van der Waals surface area contributed by atoms with E-state index < -0.39 is 6.10 Å². The molecule has 2 bridgehead atoms. The molecule has 0 amide bonds. The molecule has 0 fully saturated rings. The molecule has 1 aliphatic carbocycles. The third-order valence-corrected chi connectivity index (χ3v) is 3.37. The Bertz CT molecular complexity index is 665. The molecule has 18 heavy (non-hydrogen) atoms. The van der Waals surface area contributed by atoms with Crippen molar-refractivity contribution in [3.8, 4) is 11.1 Å². The highest BCUT2D eigenvalue weighted by Crippen LogP contribution is 2.44. The SMILES string of the molecule is Nc1ccc2c(c1)C(O)c1c(N)ccc-2c1C=O. The molecule has 2 aromatic carbocycles. The molecule has 0 heterocycles. The van der Waals surface area contributed by atoms with E-state index in [0.29, 0.717) is 28.1 Å². The predicted molar refractivity (Wildman–Crippen MR) is 70.2 cm³/mol. The van der Waals surface area contributed by atoms with Crippen LogP contribution in [0.2, 0.25) is 0 Å². The molecule has 0 spiro atoms. The van der Waals surface area contributed by atoms with Crippen LogP contribution in [0.1, 0.15) is 27.6 Å². The first kappa shape index (κ1) is 10.8. The van der Waals surface area contributed by atoms with Crippen molar-refractivity contribution in [3.05, 3.63) is 47.0 Å². The Morgan fingerprint density at radius 2 is 1.83 bits per heavy atom. The lowest BCUT2D eigenvalue weighted by Crippen LogP contribution is -2.14. The zero-order chi connectivity index (χ0) is 12.9. The maximum Gasteiger partial charge on any atom is 0.151 e. The highest BCUT2D eigenvalue weighted by Gasteiger charge is 2.28. The van der Waals surface area contributed by atoms with Crippen LogP contribution in [0.15, 0.2) is 30.3 Å². The molecule has 90 valence electrons. The Balaban J connectivity index is 2.42. The number of aliphatic hydroxyl groups is 1. The average molecular weight is 240 g/mol. The second-order valence-corrected chi connectivity index (χ2v) is 4.40. The number of fused-ring (bicyclic) bond motifs is 4. The van der Waals surface area contributed by atoms with Crippen molar-refractivity contribution in [1.29, 1.82) is 0 Å². The maximum atomic E-state index is 11.2. The fourth-order valence-corrected chi connectivity index (χ4v) is 2.53. The summed E-state index contributed by atoms with van der Waals surface area (Å²) in [4.78, 5) is 11.2. The molecule has 0 saturated carbocycles. The maximum absolute atomic E-state index is 11.2. The molecule has 0 saturated heterocycles. The van der Waals surface area contributed by atoms with E-state index in [1.807, 2.05) is 6.07 Å². The molecule has 1 unspecified atom stereocenters.